The Balaban J connectivity index is 2.22. The third-order valence-electron chi connectivity index (χ3n) is 2.08. The molecule has 0 saturated carbocycles. The molecule has 2 aromatic rings. The highest BCUT2D eigenvalue weighted by molar-refractivity contribution is 7.99. The Hall–Kier alpha value is -1.74. The fraction of sp³-hybridized carbons (Fsp3) is 0.500. The number of anilines is 1. The van der Waals surface area contributed by atoms with Crippen molar-refractivity contribution in [2.75, 3.05) is 31.3 Å². The van der Waals surface area contributed by atoms with E-state index in [1.165, 1.54) is 22.8 Å². The van der Waals surface area contributed by atoms with Crippen LogP contribution in [0.15, 0.2) is 17.8 Å². The fourth-order valence-corrected chi connectivity index (χ4v) is 2.01. The lowest BCUT2D eigenvalue weighted by Crippen LogP contribution is -2.10. The smallest absolute Gasteiger partial charge is 0.257 e. The molecule has 0 saturated heterocycles. The van der Waals surface area contributed by atoms with Crippen LogP contribution in [-0.4, -0.2) is 55.7 Å². The predicted octanol–water partition coefficient (Wildman–Crippen LogP) is 0.623. The summed E-state index contributed by atoms with van der Waals surface area (Å²) in [7, 11) is 1.67. The largest absolute Gasteiger partial charge is 0.384 e. The van der Waals surface area contributed by atoms with Gasteiger partial charge < -0.3 is 10.1 Å². The first-order valence-electron chi connectivity index (χ1n) is 5.80. The molecule has 0 aliphatic heterocycles. The van der Waals surface area contributed by atoms with Crippen molar-refractivity contribution in [1.29, 1.82) is 0 Å². The maximum absolute atomic E-state index is 5.01. The van der Waals surface area contributed by atoms with Gasteiger partial charge in [0.25, 0.3) is 5.95 Å². The lowest BCUT2D eigenvalue weighted by atomic mass is 10.7. The van der Waals surface area contributed by atoms with Gasteiger partial charge in [-0.1, -0.05) is 11.8 Å². The zero-order valence-electron chi connectivity index (χ0n) is 10.8. The minimum absolute atomic E-state index is 0.448. The van der Waals surface area contributed by atoms with E-state index in [2.05, 4.69) is 30.4 Å². The molecule has 2 rings (SSSR count). The minimum atomic E-state index is 0.448. The molecule has 8 nitrogen and oxygen atoms in total. The molecule has 1 N–H and O–H groups in total. The molecule has 0 bridgehead atoms. The van der Waals surface area contributed by atoms with E-state index >= 15 is 0 Å². The third kappa shape index (κ3) is 3.86. The van der Waals surface area contributed by atoms with Crippen molar-refractivity contribution in [2.45, 2.75) is 12.1 Å². The summed E-state index contributed by atoms with van der Waals surface area (Å²) >= 11 is 1.51. The van der Waals surface area contributed by atoms with E-state index in [0.29, 0.717) is 23.7 Å². The Morgan fingerprint density at radius 1 is 1.37 bits per heavy atom. The standard InChI is InChI=1S/C10H15N7OS/c1-3-12-8-14-9(17-7-11-6-13-17)16-10(15-8)19-5-4-18-2/h6-7H,3-5H2,1-2H3,(H,12,14,15,16). The molecule has 0 aliphatic rings. The van der Waals surface area contributed by atoms with Crippen molar-refractivity contribution in [2.24, 2.45) is 0 Å². The van der Waals surface area contributed by atoms with Crippen LogP contribution in [0.1, 0.15) is 6.92 Å². The van der Waals surface area contributed by atoms with Gasteiger partial charge in [0, 0.05) is 19.4 Å². The zero-order chi connectivity index (χ0) is 13.5. The van der Waals surface area contributed by atoms with Crippen molar-refractivity contribution < 1.29 is 4.74 Å². The number of rotatable bonds is 7. The minimum Gasteiger partial charge on any atom is -0.384 e. The summed E-state index contributed by atoms with van der Waals surface area (Å²) in [6.45, 7) is 3.37. The van der Waals surface area contributed by atoms with Crippen molar-refractivity contribution in [1.82, 2.24) is 29.7 Å². The molecule has 0 aromatic carbocycles. The molecule has 0 atom stereocenters. The van der Waals surface area contributed by atoms with Crippen molar-refractivity contribution in [3.05, 3.63) is 12.7 Å². The number of nitrogens with one attached hydrogen (secondary N) is 1. The first-order valence-corrected chi connectivity index (χ1v) is 6.78. The SMILES string of the molecule is CCNc1nc(SCCOC)nc(-n2cncn2)n1. The first-order chi connectivity index (χ1) is 9.33. The second-order valence-corrected chi connectivity index (χ2v) is 4.52. The highest BCUT2D eigenvalue weighted by Gasteiger charge is 2.08. The predicted molar refractivity (Wildman–Crippen MR) is 71.5 cm³/mol. The number of aromatic nitrogens is 6. The Bertz CT molecular complexity index is 505. The van der Waals surface area contributed by atoms with Gasteiger partial charge in [-0.3, -0.25) is 0 Å². The van der Waals surface area contributed by atoms with E-state index in [9.17, 15) is 0 Å². The quantitative estimate of drug-likeness (QED) is 0.583. The molecule has 0 fully saturated rings. The highest BCUT2D eigenvalue weighted by Crippen LogP contribution is 2.15. The van der Waals surface area contributed by atoms with E-state index in [0.717, 1.165) is 12.3 Å². The van der Waals surface area contributed by atoms with E-state index in [-0.39, 0.29) is 0 Å². The van der Waals surface area contributed by atoms with Crippen LogP contribution in [0.2, 0.25) is 0 Å². The van der Waals surface area contributed by atoms with Crippen LogP contribution in [0.3, 0.4) is 0 Å². The van der Waals surface area contributed by atoms with Gasteiger partial charge in [-0.25, -0.2) is 4.98 Å². The summed E-state index contributed by atoms with van der Waals surface area (Å²) in [5.74, 6) is 1.76. The van der Waals surface area contributed by atoms with Crippen LogP contribution >= 0.6 is 11.8 Å². The van der Waals surface area contributed by atoms with Gasteiger partial charge in [-0.05, 0) is 6.92 Å². The summed E-state index contributed by atoms with van der Waals surface area (Å²) in [6.07, 6.45) is 2.99. The molecule has 2 aromatic heterocycles. The Labute approximate surface area is 115 Å². The number of methoxy groups -OCH3 is 1. The average molecular weight is 281 g/mol. The fourth-order valence-electron chi connectivity index (χ4n) is 1.28. The van der Waals surface area contributed by atoms with Crippen LogP contribution in [0, 0.1) is 0 Å². The number of hydrogen-bond donors (Lipinski definition) is 1. The normalized spacial score (nSPS) is 10.6. The number of thioether (sulfide) groups is 1. The number of nitrogens with zero attached hydrogens (tertiary/aromatic N) is 6. The van der Waals surface area contributed by atoms with Crippen molar-refractivity contribution >= 4 is 17.7 Å². The second kappa shape index (κ2) is 7.00. The second-order valence-electron chi connectivity index (χ2n) is 3.45. The topological polar surface area (TPSA) is 90.6 Å². The van der Waals surface area contributed by atoms with Gasteiger partial charge >= 0.3 is 0 Å². The maximum atomic E-state index is 5.01. The van der Waals surface area contributed by atoms with Crippen LogP contribution in [0.4, 0.5) is 5.95 Å². The molecule has 102 valence electrons. The van der Waals surface area contributed by atoms with Crippen LogP contribution in [0.5, 0.6) is 0 Å². The highest BCUT2D eigenvalue weighted by atomic mass is 32.2. The Morgan fingerprint density at radius 3 is 2.95 bits per heavy atom. The lowest BCUT2D eigenvalue weighted by Gasteiger charge is -2.06. The number of ether oxygens (including phenoxy) is 1. The molecule has 0 unspecified atom stereocenters. The Kier molecular flexibility index (Phi) is 5.04. The maximum Gasteiger partial charge on any atom is 0.257 e. The van der Waals surface area contributed by atoms with Gasteiger partial charge in [0.2, 0.25) is 5.95 Å². The van der Waals surface area contributed by atoms with Gasteiger partial charge in [-0.2, -0.15) is 24.7 Å². The van der Waals surface area contributed by atoms with E-state index in [1.807, 2.05) is 6.92 Å². The summed E-state index contributed by atoms with van der Waals surface area (Å²) in [6, 6.07) is 0. The van der Waals surface area contributed by atoms with E-state index in [1.54, 1.807) is 13.4 Å². The summed E-state index contributed by atoms with van der Waals surface area (Å²) in [5, 5.41) is 7.72. The molecule has 0 radical (unpaired) electrons. The van der Waals surface area contributed by atoms with Crippen LogP contribution in [-0.2, 0) is 4.74 Å². The van der Waals surface area contributed by atoms with Crippen molar-refractivity contribution in [3.63, 3.8) is 0 Å². The van der Waals surface area contributed by atoms with Gasteiger partial charge in [0.05, 0.1) is 6.61 Å². The van der Waals surface area contributed by atoms with Gasteiger partial charge in [0.1, 0.15) is 12.7 Å². The molecule has 2 heterocycles. The van der Waals surface area contributed by atoms with Crippen LogP contribution in [0.25, 0.3) is 5.95 Å². The summed E-state index contributed by atoms with van der Waals surface area (Å²) in [5.41, 5.74) is 0. The molecule has 9 heteroatoms. The number of hydrogen-bond acceptors (Lipinski definition) is 8. The average Bonchev–Trinajstić information content (AvgIpc) is 2.93. The third-order valence-corrected chi connectivity index (χ3v) is 2.89. The summed E-state index contributed by atoms with van der Waals surface area (Å²) in [4.78, 5) is 16.8. The van der Waals surface area contributed by atoms with Gasteiger partial charge in [-0.15, -0.1) is 0 Å². The summed E-state index contributed by atoms with van der Waals surface area (Å²) < 4.78 is 6.51. The van der Waals surface area contributed by atoms with Gasteiger partial charge in [0.15, 0.2) is 5.16 Å². The molecular formula is C10H15N7OS. The monoisotopic (exact) mass is 281 g/mol. The molecule has 0 amide bonds. The molecule has 0 aliphatic carbocycles. The van der Waals surface area contributed by atoms with E-state index in [4.69, 9.17) is 4.74 Å². The van der Waals surface area contributed by atoms with Crippen molar-refractivity contribution in [3.8, 4) is 5.95 Å². The molecular weight excluding hydrogens is 266 g/mol. The lowest BCUT2D eigenvalue weighted by molar-refractivity contribution is 0.218. The molecule has 19 heavy (non-hydrogen) atoms. The van der Waals surface area contributed by atoms with E-state index < -0.39 is 0 Å². The Morgan fingerprint density at radius 2 is 2.26 bits per heavy atom. The zero-order valence-corrected chi connectivity index (χ0v) is 11.6. The molecule has 0 spiro atoms. The van der Waals surface area contributed by atoms with Crippen LogP contribution < -0.4 is 5.32 Å². The first kappa shape index (κ1) is 13.7.